The second-order valence-electron chi connectivity index (χ2n) is 7.15. The van der Waals surface area contributed by atoms with Crippen molar-refractivity contribution in [2.45, 2.75) is 32.4 Å². The molecule has 0 aliphatic carbocycles. The zero-order valence-electron chi connectivity index (χ0n) is 15.6. The second kappa shape index (κ2) is 6.76. The minimum atomic E-state index is -0.124. The van der Waals surface area contributed by atoms with E-state index in [4.69, 9.17) is 4.74 Å². The van der Waals surface area contributed by atoms with Crippen molar-refractivity contribution in [2.75, 3.05) is 20.7 Å². The molecule has 0 amide bonds. The van der Waals surface area contributed by atoms with E-state index in [1.165, 1.54) is 16.8 Å². The molecule has 136 valence electrons. The van der Waals surface area contributed by atoms with E-state index >= 15 is 0 Å². The molecule has 0 radical (unpaired) electrons. The molecular formula is C22H25FN2O. The zero-order chi connectivity index (χ0) is 18.3. The van der Waals surface area contributed by atoms with Crippen molar-refractivity contribution in [3.8, 4) is 5.75 Å². The van der Waals surface area contributed by atoms with Crippen molar-refractivity contribution in [2.24, 2.45) is 0 Å². The fourth-order valence-electron chi connectivity index (χ4n) is 4.15. The van der Waals surface area contributed by atoms with Crippen molar-refractivity contribution < 1.29 is 9.13 Å². The molecule has 3 nitrogen and oxygen atoms in total. The molecule has 1 atom stereocenters. The molecule has 0 saturated carbocycles. The highest BCUT2D eigenvalue weighted by atomic mass is 19.1. The summed E-state index contributed by atoms with van der Waals surface area (Å²) in [5.74, 6) is 0.738. The summed E-state index contributed by atoms with van der Waals surface area (Å²) >= 11 is 0. The van der Waals surface area contributed by atoms with Gasteiger partial charge in [0.25, 0.3) is 0 Å². The number of hydrogen-bond acceptors (Lipinski definition) is 2. The van der Waals surface area contributed by atoms with Gasteiger partial charge in [-0.05, 0) is 49.7 Å². The van der Waals surface area contributed by atoms with Crippen LogP contribution in [0.4, 0.5) is 4.39 Å². The summed E-state index contributed by atoms with van der Waals surface area (Å²) in [5, 5.41) is 1.06. The van der Waals surface area contributed by atoms with Crippen LogP contribution < -0.4 is 4.74 Å². The highest BCUT2D eigenvalue weighted by Crippen LogP contribution is 2.38. The van der Waals surface area contributed by atoms with Gasteiger partial charge in [0.2, 0.25) is 0 Å². The predicted octanol–water partition coefficient (Wildman–Crippen LogP) is 4.58. The van der Waals surface area contributed by atoms with Crippen LogP contribution in [0.2, 0.25) is 0 Å². The van der Waals surface area contributed by atoms with E-state index < -0.39 is 0 Å². The SMILES string of the molecule is COc1ccc(CCn2c3c(c4cccc(F)c42)C(C)N(C)CC3)cc1. The highest BCUT2D eigenvalue weighted by Gasteiger charge is 2.28. The highest BCUT2D eigenvalue weighted by molar-refractivity contribution is 5.87. The van der Waals surface area contributed by atoms with Crippen LogP contribution in [0.5, 0.6) is 5.75 Å². The molecule has 0 fully saturated rings. The zero-order valence-corrected chi connectivity index (χ0v) is 15.6. The lowest BCUT2D eigenvalue weighted by Gasteiger charge is -2.31. The third-order valence-corrected chi connectivity index (χ3v) is 5.75. The summed E-state index contributed by atoms with van der Waals surface area (Å²) in [7, 11) is 3.82. The van der Waals surface area contributed by atoms with Gasteiger partial charge in [-0.2, -0.15) is 0 Å². The normalized spacial score (nSPS) is 17.5. The largest absolute Gasteiger partial charge is 0.497 e. The topological polar surface area (TPSA) is 17.4 Å². The number of fused-ring (bicyclic) bond motifs is 3. The first kappa shape index (κ1) is 17.1. The standard InChI is InChI=1S/C22H25FN2O/c1-15-21-18-5-4-6-19(23)22(18)25(20(21)12-13-24(15)2)14-11-16-7-9-17(26-3)10-8-16/h4-10,15H,11-14H2,1-3H3. The first-order valence-electron chi connectivity index (χ1n) is 9.22. The summed E-state index contributed by atoms with van der Waals surface area (Å²) in [5.41, 5.74) is 4.58. The molecule has 26 heavy (non-hydrogen) atoms. The van der Waals surface area contributed by atoms with E-state index in [1.54, 1.807) is 13.2 Å². The first-order valence-corrected chi connectivity index (χ1v) is 9.22. The number of rotatable bonds is 4. The number of para-hydroxylation sites is 1. The Morgan fingerprint density at radius 3 is 2.65 bits per heavy atom. The lowest BCUT2D eigenvalue weighted by molar-refractivity contribution is 0.245. The Morgan fingerprint density at radius 2 is 1.92 bits per heavy atom. The molecule has 1 aromatic heterocycles. The molecule has 3 aromatic rings. The fraction of sp³-hybridized carbons (Fsp3) is 0.364. The Morgan fingerprint density at radius 1 is 1.15 bits per heavy atom. The molecule has 1 aliphatic heterocycles. The minimum absolute atomic E-state index is 0.124. The number of aryl methyl sites for hydroxylation is 2. The van der Waals surface area contributed by atoms with Crippen LogP contribution in [0, 0.1) is 5.82 Å². The van der Waals surface area contributed by atoms with Gasteiger partial charge in [-0.15, -0.1) is 0 Å². The van der Waals surface area contributed by atoms with Crippen LogP contribution in [0.3, 0.4) is 0 Å². The van der Waals surface area contributed by atoms with E-state index in [0.29, 0.717) is 6.04 Å². The molecule has 0 saturated heterocycles. The molecule has 2 heterocycles. The maximum atomic E-state index is 14.7. The van der Waals surface area contributed by atoms with Crippen molar-refractivity contribution in [1.82, 2.24) is 9.47 Å². The number of hydrogen-bond donors (Lipinski definition) is 0. The predicted molar refractivity (Wildman–Crippen MR) is 103 cm³/mol. The van der Waals surface area contributed by atoms with Crippen molar-refractivity contribution in [3.63, 3.8) is 0 Å². The lowest BCUT2D eigenvalue weighted by atomic mass is 9.97. The Bertz CT molecular complexity index is 929. The van der Waals surface area contributed by atoms with Gasteiger partial charge in [-0.3, -0.25) is 4.90 Å². The molecule has 0 bridgehead atoms. The summed E-state index contributed by atoms with van der Waals surface area (Å²) < 4.78 is 22.2. The Labute approximate surface area is 154 Å². The summed E-state index contributed by atoms with van der Waals surface area (Å²) in [4.78, 5) is 2.35. The molecular weight excluding hydrogens is 327 g/mol. The Kier molecular flexibility index (Phi) is 4.45. The first-order chi connectivity index (χ1) is 12.6. The van der Waals surface area contributed by atoms with Gasteiger partial charge in [-0.1, -0.05) is 24.3 Å². The summed E-state index contributed by atoms with van der Waals surface area (Å²) in [6.45, 7) is 4.01. The van der Waals surface area contributed by atoms with E-state index in [9.17, 15) is 4.39 Å². The molecule has 0 N–H and O–H groups in total. The monoisotopic (exact) mass is 352 g/mol. The molecule has 2 aromatic carbocycles. The van der Waals surface area contributed by atoms with E-state index in [0.717, 1.165) is 42.6 Å². The van der Waals surface area contributed by atoms with Crippen LogP contribution in [-0.4, -0.2) is 30.2 Å². The molecule has 1 unspecified atom stereocenters. The van der Waals surface area contributed by atoms with E-state index in [1.807, 2.05) is 18.2 Å². The van der Waals surface area contributed by atoms with Gasteiger partial charge in [0.15, 0.2) is 0 Å². The van der Waals surface area contributed by atoms with Gasteiger partial charge in [0.1, 0.15) is 11.6 Å². The third-order valence-electron chi connectivity index (χ3n) is 5.75. The van der Waals surface area contributed by atoms with E-state index in [2.05, 4.69) is 41.6 Å². The van der Waals surface area contributed by atoms with E-state index in [-0.39, 0.29) is 5.82 Å². The average Bonchev–Trinajstić information content (AvgIpc) is 2.99. The van der Waals surface area contributed by atoms with Crippen LogP contribution in [0.1, 0.15) is 29.8 Å². The van der Waals surface area contributed by atoms with Crippen LogP contribution in [0.25, 0.3) is 10.9 Å². The van der Waals surface area contributed by atoms with Gasteiger partial charge < -0.3 is 9.30 Å². The quantitative estimate of drug-likeness (QED) is 0.684. The summed E-state index contributed by atoms with van der Waals surface area (Å²) in [6.07, 6.45) is 1.84. The van der Waals surface area contributed by atoms with Gasteiger partial charge in [0, 0.05) is 36.6 Å². The number of aromatic nitrogens is 1. The summed E-state index contributed by atoms with van der Waals surface area (Å²) in [6, 6.07) is 13.9. The minimum Gasteiger partial charge on any atom is -0.497 e. The van der Waals surface area contributed by atoms with Crippen molar-refractivity contribution >= 4 is 10.9 Å². The van der Waals surface area contributed by atoms with Crippen LogP contribution in [0.15, 0.2) is 42.5 Å². The van der Waals surface area contributed by atoms with Crippen molar-refractivity contribution in [1.29, 1.82) is 0 Å². The molecule has 0 spiro atoms. The number of likely N-dealkylation sites (N-methyl/N-ethyl adjacent to an activating group) is 1. The van der Waals surface area contributed by atoms with Crippen LogP contribution in [-0.2, 0) is 19.4 Å². The Hall–Kier alpha value is -2.33. The maximum absolute atomic E-state index is 14.7. The smallest absolute Gasteiger partial charge is 0.147 e. The fourth-order valence-corrected chi connectivity index (χ4v) is 4.15. The number of nitrogens with zero attached hydrogens (tertiary/aromatic N) is 2. The number of halogens is 1. The van der Waals surface area contributed by atoms with Gasteiger partial charge in [-0.25, -0.2) is 4.39 Å². The maximum Gasteiger partial charge on any atom is 0.147 e. The van der Waals surface area contributed by atoms with Crippen molar-refractivity contribution in [3.05, 3.63) is 65.1 Å². The molecule has 4 rings (SSSR count). The molecule has 4 heteroatoms. The number of benzene rings is 2. The number of methoxy groups -OCH3 is 1. The van der Waals surface area contributed by atoms with Crippen LogP contribution >= 0.6 is 0 Å². The molecule has 1 aliphatic rings. The third kappa shape index (κ3) is 2.78. The average molecular weight is 352 g/mol. The number of ether oxygens (including phenoxy) is 1. The Balaban J connectivity index is 1.74. The van der Waals surface area contributed by atoms with Gasteiger partial charge in [0.05, 0.1) is 12.6 Å². The lowest BCUT2D eigenvalue weighted by Crippen LogP contribution is -2.31. The second-order valence-corrected chi connectivity index (χ2v) is 7.15. The van der Waals surface area contributed by atoms with Gasteiger partial charge >= 0.3 is 0 Å².